The number of non-ortho nitro benzene ring substituents is 1. The molecule has 7 nitrogen and oxygen atoms in total. The maximum Gasteiger partial charge on any atom is 0.271 e. The van der Waals surface area contributed by atoms with Crippen molar-refractivity contribution >= 4 is 44.8 Å². The van der Waals surface area contributed by atoms with Gasteiger partial charge in [-0.2, -0.15) is 0 Å². The van der Waals surface area contributed by atoms with Crippen LogP contribution >= 0.6 is 15.9 Å². The molecule has 2 aromatic rings. The molecule has 2 aromatic carbocycles. The molecule has 1 atom stereocenters. The average Bonchev–Trinajstić information content (AvgIpc) is 2.83. The Kier molecular flexibility index (Phi) is 4.30. The molecule has 122 valence electrons. The largest absolute Gasteiger partial charge is 0.373 e. The van der Waals surface area contributed by atoms with Crippen molar-refractivity contribution in [3.63, 3.8) is 0 Å². The van der Waals surface area contributed by atoms with Gasteiger partial charge in [0.05, 0.1) is 17.0 Å². The smallest absolute Gasteiger partial charge is 0.271 e. The van der Waals surface area contributed by atoms with Crippen LogP contribution in [0.5, 0.6) is 0 Å². The van der Waals surface area contributed by atoms with Crippen LogP contribution < -0.4 is 10.2 Å². The van der Waals surface area contributed by atoms with E-state index < -0.39 is 11.0 Å². The number of anilines is 2. The Morgan fingerprint density at radius 2 is 1.88 bits per heavy atom. The van der Waals surface area contributed by atoms with Crippen molar-refractivity contribution in [2.45, 2.75) is 12.5 Å². The summed E-state index contributed by atoms with van der Waals surface area (Å²) in [5.74, 6) is -0.695. The maximum atomic E-state index is 12.5. The number of nitro groups is 1. The molecule has 1 saturated heterocycles. The van der Waals surface area contributed by atoms with Gasteiger partial charge in [0, 0.05) is 22.3 Å². The summed E-state index contributed by atoms with van der Waals surface area (Å²) in [6.45, 7) is 0. The van der Waals surface area contributed by atoms with E-state index in [0.717, 1.165) is 9.37 Å². The van der Waals surface area contributed by atoms with E-state index in [2.05, 4.69) is 21.2 Å². The average molecular weight is 390 g/mol. The second-order valence-corrected chi connectivity index (χ2v) is 6.17. The number of nitrogens with one attached hydrogen (secondary N) is 1. The van der Waals surface area contributed by atoms with E-state index in [0.29, 0.717) is 11.4 Å². The monoisotopic (exact) mass is 389 g/mol. The van der Waals surface area contributed by atoms with E-state index in [1.807, 2.05) is 0 Å². The number of hydrogen-bond acceptors (Lipinski definition) is 5. The van der Waals surface area contributed by atoms with Crippen LogP contribution in [0.4, 0.5) is 17.1 Å². The van der Waals surface area contributed by atoms with Gasteiger partial charge in [0.1, 0.15) is 6.04 Å². The van der Waals surface area contributed by atoms with Crippen LogP contribution in [0, 0.1) is 10.1 Å². The van der Waals surface area contributed by atoms with Gasteiger partial charge in [0.25, 0.3) is 11.6 Å². The first-order chi connectivity index (χ1) is 11.5. The van der Waals surface area contributed by atoms with E-state index in [-0.39, 0.29) is 23.9 Å². The zero-order chi connectivity index (χ0) is 17.3. The molecule has 0 saturated carbocycles. The summed E-state index contributed by atoms with van der Waals surface area (Å²) in [6, 6.07) is 11.9. The minimum absolute atomic E-state index is 0.00239. The summed E-state index contributed by atoms with van der Waals surface area (Å²) in [5.41, 5.74) is 0.839. The molecule has 0 spiro atoms. The Bertz CT molecular complexity index is 822. The summed E-state index contributed by atoms with van der Waals surface area (Å²) in [6.07, 6.45) is -0.00239. The molecule has 2 amide bonds. The zero-order valence-corrected chi connectivity index (χ0v) is 13.9. The lowest BCUT2D eigenvalue weighted by Gasteiger charge is -2.16. The molecule has 0 bridgehead atoms. The number of benzene rings is 2. The normalized spacial score (nSPS) is 17.2. The molecule has 1 heterocycles. The van der Waals surface area contributed by atoms with Crippen LogP contribution in [0.2, 0.25) is 0 Å². The summed E-state index contributed by atoms with van der Waals surface area (Å²) >= 11 is 3.30. The Morgan fingerprint density at radius 1 is 1.17 bits per heavy atom. The predicted molar refractivity (Wildman–Crippen MR) is 91.8 cm³/mol. The van der Waals surface area contributed by atoms with Crippen LogP contribution in [-0.4, -0.2) is 22.8 Å². The van der Waals surface area contributed by atoms with Gasteiger partial charge in [0.15, 0.2) is 0 Å². The molecule has 0 aromatic heterocycles. The number of rotatable bonds is 4. The van der Waals surface area contributed by atoms with Crippen molar-refractivity contribution < 1.29 is 14.5 Å². The quantitative estimate of drug-likeness (QED) is 0.492. The van der Waals surface area contributed by atoms with E-state index in [1.165, 1.54) is 18.2 Å². The van der Waals surface area contributed by atoms with Crippen molar-refractivity contribution in [1.29, 1.82) is 0 Å². The third kappa shape index (κ3) is 3.13. The molecule has 1 N–H and O–H groups in total. The van der Waals surface area contributed by atoms with Gasteiger partial charge in [-0.1, -0.05) is 22.0 Å². The Hall–Kier alpha value is -2.74. The molecule has 0 aliphatic carbocycles. The highest BCUT2D eigenvalue weighted by molar-refractivity contribution is 9.10. The second-order valence-electron chi connectivity index (χ2n) is 5.25. The van der Waals surface area contributed by atoms with Crippen molar-refractivity contribution in [3.05, 3.63) is 63.1 Å². The van der Waals surface area contributed by atoms with Crippen LogP contribution in [0.25, 0.3) is 0 Å². The first-order valence-electron chi connectivity index (χ1n) is 7.09. The van der Waals surface area contributed by atoms with E-state index in [9.17, 15) is 19.7 Å². The van der Waals surface area contributed by atoms with Crippen LogP contribution in [0.3, 0.4) is 0 Å². The van der Waals surface area contributed by atoms with Crippen LogP contribution in [0.1, 0.15) is 6.42 Å². The minimum Gasteiger partial charge on any atom is -0.373 e. The van der Waals surface area contributed by atoms with Gasteiger partial charge < -0.3 is 5.32 Å². The fourth-order valence-corrected chi connectivity index (χ4v) is 2.78. The highest BCUT2D eigenvalue weighted by Gasteiger charge is 2.39. The van der Waals surface area contributed by atoms with Gasteiger partial charge >= 0.3 is 0 Å². The van der Waals surface area contributed by atoms with E-state index in [4.69, 9.17) is 0 Å². The number of carbonyl (C=O) groups excluding carboxylic acids is 2. The van der Waals surface area contributed by atoms with E-state index >= 15 is 0 Å². The van der Waals surface area contributed by atoms with Crippen molar-refractivity contribution in [1.82, 2.24) is 0 Å². The Labute approximate surface area is 145 Å². The summed E-state index contributed by atoms with van der Waals surface area (Å²) in [4.78, 5) is 36.1. The molecular formula is C16H12BrN3O4. The highest BCUT2D eigenvalue weighted by atomic mass is 79.9. The lowest BCUT2D eigenvalue weighted by atomic mass is 10.2. The Morgan fingerprint density at radius 3 is 2.54 bits per heavy atom. The van der Waals surface area contributed by atoms with Gasteiger partial charge in [-0.15, -0.1) is 0 Å². The molecule has 8 heteroatoms. The topological polar surface area (TPSA) is 92.5 Å². The molecule has 1 aliphatic heterocycles. The van der Waals surface area contributed by atoms with Crippen LogP contribution in [-0.2, 0) is 9.59 Å². The first kappa shape index (κ1) is 16.1. The SMILES string of the molecule is O=C1C[C@@H](Nc2cccc([N+](=O)[O-])c2)C(=O)N1c1ccc(Br)cc1. The van der Waals surface area contributed by atoms with E-state index in [1.54, 1.807) is 30.3 Å². The Balaban J connectivity index is 1.80. The first-order valence-corrected chi connectivity index (χ1v) is 7.88. The number of hydrogen-bond donors (Lipinski definition) is 1. The van der Waals surface area contributed by atoms with Crippen LogP contribution in [0.15, 0.2) is 53.0 Å². The maximum absolute atomic E-state index is 12.5. The second kappa shape index (κ2) is 6.40. The minimum atomic E-state index is -0.747. The molecule has 1 fully saturated rings. The fraction of sp³-hybridized carbons (Fsp3) is 0.125. The van der Waals surface area contributed by atoms with Gasteiger partial charge in [-0.25, -0.2) is 4.90 Å². The van der Waals surface area contributed by atoms with Crippen molar-refractivity contribution in [3.8, 4) is 0 Å². The molecule has 0 unspecified atom stereocenters. The molecule has 1 aliphatic rings. The van der Waals surface area contributed by atoms with Crippen molar-refractivity contribution in [2.24, 2.45) is 0 Å². The number of halogens is 1. The van der Waals surface area contributed by atoms with Crippen molar-refractivity contribution in [2.75, 3.05) is 10.2 Å². The third-order valence-electron chi connectivity index (χ3n) is 3.63. The van der Waals surface area contributed by atoms with Gasteiger partial charge in [-0.05, 0) is 30.3 Å². The summed E-state index contributed by atoms with van der Waals surface area (Å²) < 4.78 is 0.844. The molecular weight excluding hydrogens is 378 g/mol. The fourth-order valence-electron chi connectivity index (χ4n) is 2.52. The van der Waals surface area contributed by atoms with Gasteiger partial charge in [-0.3, -0.25) is 19.7 Å². The third-order valence-corrected chi connectivity index (χ3v) is 4.16. The zero-order valence-electron chi connectivity index (χ0n) is 12.3. The standard InChI is InChI=1S/C16H12BrN3O4/c17-10-4-6-12(7-5-10)19-15(21)9-14(16(19)22)18-11-2-1-3-13(8-11)20(23)24/h1-8,14,18H,9H2/t14-/m1/s1. The molecule has 24 heavy (non-hydrogen) atoms. The molecule has 3 rings (SSSR count). The number of nitrogens with zero attached hydrogens (tertiary/aromatic N) is 2. The lowest BCUT2D eigenvalue weighted by Crippen LogP contribution is -2.34. The highest BCUT2D eigenvalue weighted by Crippen LogP contribution is 2.27. The number of carbonyl (C=O) groups is 2. The number of amides is 2. The summed E-state index contributed by atoms with van der Waals surface area (Å²) in [7, 11) is 0. The number of imide groups is 1. The molecule has 0 radical (unpaired) electrons. The van der Waals surface area contributed by atoms with Gasteiger partial charge in [0.2, 0.25) is 5.91 Å². The lowest BCUT2D eigenvalue weighted by molar-refractivity contribution is -0.384. The predicted octanol–water partition coefficient (Wildman–Crippen LogP) is 3.10. The summed E-state index contributed by atoms with van der Waals surface area (Å²) in [5, 5.41) is 13.7. The number of nitro benzene ring substituents is 1.